The Labute approximate surface area is 131 Å². The molecule has 0 saturated carbocycles. The molecule has 0 unspecified atom stereocenters. The van der Waals surface area contributed by atoms with Crippen molar-refractivity contribution in [2.45, 2.75) is 13.2 Å². The van der Waals surface area contributed by atoms with Crippen LogP contribution < -0.4 is 14.8 Å². The molecule has 5 nitrogen and oxygen atoms in total. The Morgan fingerprint density at radius 3 is 2.83 bits per heavy atom. The summed E-state index contributed by atoms with van der Waals surface area (Å²) >= 11 is 0. The van der Waals surface area contributed by atoms with Crippen LogP contribution in [0.4, 0.5) is 8.78 Å². The lowest BCUT2D eigenvalue weighted by Crippen LogP contribution is -2.19. The third-order valence-electron chi connectivity index (χ3n) is 2.85. The van der Waals surface area contributed by atoms with Crippen molar-refractivity contribution in [3.63, 3.8) is 0 Å². The monoisotopic (exact) mass is 323 g/mol. The zero-order chi connectivity index (χ0) is 16.7. The van der Waals surface area contributed by atoms with Crippen LogP contribution in [0.3, 0.4) is 0 Å². The molecule has 2 rings (SSSR count). The summed E-state index contributed by atoms with van der Waals surface area (Å²) in [4.78, 5) is 11.7. The molecule has 0 radical (unpaired) electrons. The van der Waals surface area contributed by atoms with Gasteiger partial charge >= 0.3 is 6.61 Å². The summed E-state index contributed by atoms with van der Waals surface area (Å²) in [6, 6.07) is 7.86. The molecule has 122 valence electrons. The van der Waals surface area contributed by atoms with E-state index in [4.69, 9.17) is 9.15 Å². The zero-order valence-corrected chi connectivity index (χ0v) is 12.3. The minimum atomic E-state index is -2.93. The number of amides is 1. The van der Waals surface area contributed by atoms with Crippen LogP contribution in [-0.2, 0) is 11.3 Å². The molecule has 1 N–H and O–H groups in total. The molecule has 0 aliphatic heterocycles. The molecule has 2 aromatic rings. The van der Waals surface area contributed by atoms with Crippen molar-refractivity contribution in [3.8, 4) is 11.5 Å². The quantitative estimate of drug-likeness (QED) is 0.795. The number of carbonyl (C=O) groups is 1. The van der Waals surface area contributed by atoms with E-state index < -0.39 is 6.61 Å². The third-order valence-corrected chi connectivity index (χ3v) is 2.85. The SMILES string of the molecule is COc1cc(C=CC(=O)NCc2ccco2)ccc1OC(F)F. The fourth-order valence-corrected chi connectivity index (χ4v) is 1.80. The van der Waals surface area contributed by atoms with Crippen molar-refractivity contribution < 1.29 is 27.5 Å². The van der Waals surface area contributed by atoms with E-state index in [1.807, 2.05) is 0 Å². The van der Waals surface area contributed by atoms with E-state index in [0.717, 1.165) is 0 Å². The lowest BCUT2D eigenvalue weighted by molar-refractivity contribution is -0.116. The third kappa shape index (κ3) is 5.14. The first-order chi connectivity index (χ1) is 11.1. The molecular weight excluding hydrogens is 308 g/mol. The highest BCUT2D eigenvalue weighted by Gasteiger charge is 2.10. The second kappa shape index (κ2) is 7.98. The lowest BCUT2D eigenvalue weighted by Gasteiger charge is -2.10. The molecule has 0 fully saturated rings. The van der Waals surface area contributed by atoms with Crippen LogP contribution in [0.2, 0.25) is 0 Å². The number of furan rings is 1. The van der Waals surface area contributed by atoms with Crippen molar-refractivity contribution in [1.29, 1.82) is 0 Å². The highest BCUT2D eigenvalue weighted by atomic mass is 19.3. The predicted molar refractivity (Wildman–Crippen MR) is 79.2 cm³/mol. The van der Waals surface area contributed by atoms with Gasteiger partial charge in [0.2, 0.25) is 5.91 Å². The number of carbonyl (C=O) groups excluding carboxylic acids is 1. The van der Waals surface area contributed by atoms with Gasteiger partial charge in [-0.15, -0.1) is 0 Å². The first-order valence-electron chi connectivity index (χ1n) is 6.69. The minimum absolute atomic E-state index is 0.0677. The van der Waals surface area contributed by atoms with Gasteiger partial charge in [-0.3, -0.25) is 4.79 Å². The molecule has 1 amide bonds. The van der Waals surface area contributed by atoms with Crippen molar-refractivity contribution in [1.82, 2.24) is 5.32 Å². The van der Waals surface area contributed by atoms with Crippen LogP contribution in [-0.4, -0.2) is 19.6 Å². The summed E-state index contributed by atoms with van der Waals surface area (Å²) in [6.45, 7) is -2.65. The van der Waals surface area contributed by atoms with E-state index >= 15 is 0 Å². The Hall–Kier alpha value is -2.83. The number of benzene rings is 1. The summed E-state index contributed by atoms with van der Waals surface area (Å²) < 4.78 is 38.9. The molecule has 0 saturated heterocycles. The largest absolute Gasteiger partial charge is 0.493 e. The van der Waals surface area contributed by atoms with E-state index in [0.29, 0.717) is 11.3 Å². The van der Waals surface area contributed by atoms with Crippen LogP contribution in [0.25, 0.3) is 6.08 Å². The normalized spacial score (nSPS) is 11.0. The van der Waals surface area contributed by atoms with Crippen LogP contribution in [0, 0.1) is 0 Å². The number of nitrogens with one attached hydrogen (secondary N) is 1. The maximum absolute atomic E-state index is 12.2. The van der Waals surface area contributed by atoms with Gasteiger partial charge in [0.15, 0.2) is 11.5 Å². The zero-order valence-electron chi connectivity index (χ0n) is 12.3. The molecule has 7 heteroatoms. The minimum Gasteiger partial charge on any atom is -0.493 e. The van der Waals surface area contributed by atoms with Crippen molar-refractivity contribution in [2.24, 2.45) is 0 Å². The van der Waals surface area contributed by atoms with Gasteiger partial charge in [-0.25, -0.2) is 0 Å². The Bertz CT molecular complexity index is 669. The van der Waals surface area contributed by atoms with Gasteiger partial charge in [-0.05, 0) is 35.9 Å². The maximum atomic E-state index is 12.2. The molecule has 0 bridgehead atoms. The lowest BCUT2D eigenvalue weighted by atomic mass is 10.2. The molecule has 1 aromatic heterocycles. The van der Waals surface area contributed by atoms with Gasteiger partial charge in [0.05, 0.1) is 19.9 Å². The number of rotatable bonds is 7. The van der Waals surface area contributed by atoms with Crippen molar-refractivity contribution >= 4 is 12.0 Å². The van der Waals surface area contributed by atoms with E-state index in [9.17, 15) is 13.6 Å². The van der Waals surface area contributed by atoms with Gasteiger partial charge < -0.3 is 19.2 Å². The van der Waals surface area contributed by atoms with E-state index in [2.05, 4.69) is 10.1 Å². The first-order valence-corrected chi connectivity index (χ1v) is 6.69. The Morgan fingerprint density at radius 2 is 2.17 bits per heavy atom. The number of methoxy groups -OCH3 is 1. The maximum Gasteiger partial charge on any atom is 0.387 e. The van der Waals surface area contributed by atoms with Crippen LogP contribution in [0.15, 0.2) is 47.1 Å². The number of hydrogen-bond acceptors (Lipinski definition) is 4. The Balaban J connectivity index is 1.97. The molecular formula is C16H15F2NO4. The van der Waals surface area contributed by atoms with Gasteiger partial charge in [0, 0.05) is 6.08 Å². The fourth-order valence-electron chi connectivity index (χ4n) is 1.80. The average molecular weight is 323 g/mol. The summed E-state index contributed by atoms with van der Waals surface area (Å²) in [5.41, 5.74) is 0.608. The highest BCUT2D eigenvalue weighted by Crippen LogP contribution is 2.29. The molecule has 1 heterocycles. The second-order valence-corrected chi connectivity index (χ2v) is 4.42. The summed E-state index contributed by atoms with van der Waals surface area (Å²) in [6.07, 6.45) is 4.38. The highest BCUT2D eigenvalue weighted by molar-refractivity contribution is 5.91. The Morgan fingerprint density at radius 1 is 1.35 bits per heavy atom. The molecule has 1 aromatic carbocycles. The van der Waals surface area contributed by atoms with Crippen LogP contribution in [0.5, 0.6) is 11.5 Å². The molecule has 0 aliphatic rings. The second-order valence-electron chi connectivity index (χ2n) is 4.42. The Kier molecular flexibility index (Phi) is 5.74. The van der Waals surface area contributed by atoms with Gasteiger partial charge in [0.1, 0.15) is 5.76 Å². The molecule has 0 atom stereocenters. The molecule has 0 spiro atoms. The number of halogens is 2. The number of hydrogen-bond donors (Lipinski definition) is 1. The number of alkyl halides is 2. The fraction of sp³-hybridized carbons (Fsp3) is 0.188. The average Bonchev–Trinajstić information content (AvgIpc) is 3.04. The van der Waals surface area contributed by atoms with E-state index in [-0.39, 0.29) is 24.0 Å². The van der Waals surface area contributed by atoms with E-state index in [1.165, 1.54) is 43.7 Å². The van der Waals surface area contributed by atoms with Crippen LogP contribution >= 0.6 is 0 Å². The van der Waals surface area contributed by atoms with Gasteiger partial charge in [-0.1, -0.05) is 6.07 Å². The smallest absolute Gasteiger partial charge is 0.387 e. The van der Waals surface area contributed by atoms with Crippen molar-refractivity contribution in [2.75, 3.05) is 7.11 Å². The molecule has 0 aliphatic carbocycles. The summed E-state index contributed by atoms with van der Waals surface area (Å²) in [7, 11) is 1.34. The first kappa shape index (κ1) is 16.5. The van der Waals surface area contributed by atoms with Gasteiger partial charge in [-0.2, -0.15) is 8.78 Å². The summed E-state index contributed by atoms with van der Waals surface area (Å²) in [5, 5.41) is 2.65. The van der Waals surface area contributed by atoms with Crippen LogP contribution in [0.1, 0.15) is 11.3 Å². The topological polar surface area (TPSA) is 60.7 Å². The van der Waals surface area contributed by atoms with Crippen molar-refractivity contribution in [3.05, 3.63) is 54.0 Å². The predicted octanol–water partition coefficient (Wildman–Crippen LogP) is 3.22. The standard InChI is InChI=1S/C16H15F2NO4/c1-21-14-9-11(4-6-13(14)23-16(17)18)5-7-15(20)19-10-12-3-2-8-22-12/h2-9,16H,10H2,1H3,(H,19,20). The molecule has 23 heavy (non-hydrogen) atoms. The summed E-state index contributed by atoms with van der Waals surface area (Å²) in [5.74, 6) is 0.417. The van der Waals surface area contributed by atoms with E-state index in [1.54, 1.807) is 12.1 Å². The van der Waals surface area contributed by atoms with Gasteiger partial charge in [0.25, 0.3) is 0 Å². The number of ether oxygens (including phenoxy) is 2.